The molecule has 4 heteroatoms. The number of aromatic nitrogens is 1. The van der Waals surface area contributed by atoms with Crippen molar-refractivity contribution < 1.29 is 0 Å². The normalized spacial score (nSPS) is 9.72. The predicted octanol–water partition coefficient (Wildman–Crippen LogP) is 2.19. The molecule has 0 saturated heterocycles. The molecule has 0 aliphatic rings. The fourth-order valence-corrected chi connectivity index (χ4v) is 1.64. The molecule has 0 amide bonds. The Balaban J connectivity index is 1.88. The first kappa shape index (κ1) is 11.9. The molecule has 0 spiro atoms. The van der Waals surface area contributed by atoms with Gasteiger partial charge in [0.1, 0.15) is 11.8 Å². The molecule has 0 aliphatic carbocycles. The Kier molecular flexibility index (Phi) is 3.77. The number of nitriles is 1. The van der Waals surface area contributed by atoms with Gasteiger partial charge < -0.3 is 11.1 Å². The first-order valence-electron chi connectivity index (χ1n) is 5.72. The van der Waals surface area contributed by atoms with Gasteiger partial charge in [-0.25, -0.2) is 4.98 Å². The van der Waals surface area contributed by atoms with Crippen LogP contribution in [0.25, 0.3) is 0 Å². The van der Waals surface area contributed by atoms with E-state index in [1.807, 2.05) is 36.4 Å². The third kappa shape index (κ3) is 3.22. The molecule has 18 heavy (non-hydrogen) atoms. The second kappa shape index (κ2) is 5.69. The zero-order valence-corrected chi connectivity index (χ0v) is 9.93. The van der Waals surface area contributed by atoms with Crippen LogP contribution in [0.4, 0.5) is 11.4 Å². The van der Waals surface area contributed by atoms with Gasteiger partial charge in [0, 0.05) is 24.1 Å². The van der Waals surface area contributed by atoms with Crippen molar-refractivity contribution in [2.45, 2.75) is 6.42 Å². The summed E-state index contributed by atoms with van der Waals surface area (Å²) in [6.45, 7) is 0.804. The van der Waals surface area contributed by atoms with Gasteiger partial charge in [-0.05, 0) is 36.2 Å². The van der Waals surface area contributed by atoms with Crippen LogP contribution in [0.5, 0.6) is 0 Å². The van der Waals surface area contributed by atoms with Crippen molar-refractivity contribution in [3.05, 3.63) is 53.9 Å². The lowest BCUT2D eigenvalue weighted by molar-refractivity contribution is 1.02. The Morgan fingerprint density at radius 2 is 2.00 bits per heavy atom. The number of benzene rings is 1. The van der Waals surface area contributed by atoms with Gasteiger partial charge in [-0.15, -0.1) is 0 Å². The van der Waals surface area contributed by atoms with Gasteiger partial charge >= 0.3 is 0 Å². The lowest BCUT2D eigenvalue weighted by atomic mass is 10.1. The monoisotopic (exact) mass is 238 g/mol. The van der Waals surface area contributed by atoms with Crippen LogP contribution in [0.2, 0.25) is 0 Å². The highest BCUT2D eigenvalue weighted by Gasteiger charge is 1.96. The highest BCUT2D eigenvalue weighted by molar-refractivity contribution is 5.46. The number of nitrogens with zero attached hydrogens (tertiary/aromatic N) is 2. The largest absolute Gasteiger partial charge is 0.399 e. The maximum atomic E-state index is 8.74. The summed E-state index contributed by atoms with van der Waals surface area (Å²) in [6, 6.07) is 13.4. The molecule has 90 valence electrons. The highest BCUT2D eigenvalue weighted by atomic mass is 14.9. The van der Waals surface area contributed by atoms with Crippen LogP contribution in [-0.4, -0.2) is 11.5 Å². The van der Waals surface area contributed by atoms with Crippen molar-refractivity contribution in [3.8, 4) is 6.07 Å². The van der Waals surface area contributed by atoms with E-state index >= 15 is 0 Å². The topological polar surface area (TPSA) is 74.7 Å². The fraction of sp³-hybridized carbons (Fsp3) is 0.143. The molecular weight excluding hydrogens is 224 g/mol. The quantitative estimate of drug-likeness (QED) is 0.801. The van der Waals surface area contributed by atoms with Crippen LogP contribution in [0, 0.1) is 11.3 Å². The third-order valence-corrected chi connectivity index (χ3v) is 2.60. The van der Waals surface area contributed by atoms with Crippen LogP contribution in [0.15, 0.2) is 42.6 Å². The van der Waals surface area contributed by atoms with Crippen LogP contribution in [0.3, 0.4) is 0 Å². The minimum absolute atomic E-state index is 0.424. The highest BCUT2D eigenvalue weighted by Crippen LogP contribution is 2.09. The molecule has 0 unspecified atom stereocenters. The van der Waals surface area contributed by atoms with Crippen molar-refractivity contribution in [2.75, 3.05) is 17.6 Å². The van der Waals surface area contributed by atoms with Crippen molar-refractivity contribution in [2.24, 2.45) is 0 Å². The van der Waals surface area contributed by atoms with E-state index in [1.54, 1.807) is 12.3 Å². The van der Waals surface area contributed by atoms with E-state index in [1.165, 1.54) is 5.56 Å². The number of hydrogen-bond acceptors (Lipinski definition) is 4. The molecule has 1 aromatic carbocycles. The smallest absolute Gasteiger partial charge is 0.142 e. The summed E-state index contributed by atoms with van der Waals surface area (Å²) < 4.78 is 0. The average molecular weight is 238 g/mol. The molecule has 0 aliphatic heterocycles. The second-order valence-electron chi connectivity index (χ2n) is 3.96. The molecule has 0 fully saturated rings. The molecule has 4 nitrogen and oxygen atoms in total. The first-order chi connectivity index (χ1) is 8.78. The Labute approximate surface area is 106 Å². The summed E-state index contributed by atoms with van der Waals surface area (Å²) in [5.74, 6) is 0. The predicted molar refractivity (Wildman–Crippen MR) is 72.0 cm³/mol. The number of hydrogen-bond donors (Lipinski definition) is 2. The summed E-state index contributed by atoms with van der Waals surface area (Å²) in [4.78, 5) is 3.92. The summed E-state index contributed by atoms with van der Waals surface area (Å²) in [5, 5.41) is 12.0. The maximum Gasteiger partial charge on any atom is 0.142 e. The summed E-state index contributed by atoms with van der Waals surface area (Å²) in [6.07, 6.45) is 2.54. The molecule has 3 N–H and O–H groups in total. The summed E-state index contributed by atoms with van der Waals surface area (Å²) in [5.41, 5.74) is 8.97. The second-order valence-corrected chi connectivity index (χ2v) is 3.96. The minimum atomic E-state index is 0.424. The SMILES string of the molecule is N#Cc1cc(NCCc2ccc(N)cc2)ccn1. The van der Waals surface area contributed by atoms with Crippen molar-refractivity contribution in [3.63, 3.8) is 0 Å². The number of nitrogens with one attached hydrogen (secondary N) is 1. The number of nitrogen functional groups attached to an aromatic ring is 1. The molecule has 0 atom stereocenters. The third-order valence-electron chi connectivity index (χ3n) is 2.60. The van der Waals surface area contributed by atoms with Gasteiger partial charge in [-0.2, -0.15) is 5.26 Å². The maximum absolute atomic E-state index is 8.74. The van der Waals surface area contributed by atoms with E-state index < -0.39 is 0 Å². The van der Waals surface area contributed by atoms with E-state index in [0.29, 0.717) is 5.69 Å². The van der Waals surface area contributed by atoms with E-state index in [4.69, 9.17) is 11.0 Å². The number of anilines is 2. The number of nitrogens with two attached hydrogens (primary N) is 1. The van der Waals surface area contributed by atoms with E-state index in [2.05, 4.69) is 10.3 Å². The van der Waals surface area contributed by atoms with E-state index in [-0.39, 0.29) is 0 Å². The fourth-order valence-electron chi connectivity index (χ4n) is 1.64. The van der Waals surface area contributed by atoms with Crippen LogP contribution in [0.1, 0.15) is 11.3 Å². The van der Waals surface area contributed by atoms with Crippen molar-refractivity contribution >= 4 is 11.4 Å². The van der Waals surface area contributed by atoms with Gasteiger partial charge in [0.15, 0.2) is 0 Å². The Bertz CT molecular complexity index is 555. The van der Waals surface area contributed by atoms with Crippen LogP contribution >= 0.6 is 0 Å². The number of rotatable bonds is 4. The van der Waals surface area contributed by atoms with Gasteiger partial charge in [0.2, 0.25) is 0 Å². The Morgan fingerprint density at radius 1 is 1.22 bits per heavy atom. The summed E-state index contributed by atoms with van der Waals surface area (Å²) >= 11 is 0. The van der Waals surface area contributed by atoms with Gasteiger partial charge in [0.25, 0.3) is 0 Å². The van der Waals surface area contributed by atoms with E-state index in [0.717, 1.165) is 24.3 Å². The lowest BCUT2D eigenvalue weighted by Crippen LogP contribution is -2.05. The zero-order chi connectivity index (χ0) is 12.8. The Hall–Kier alpha value is -2.54. The standard InChI is InChI=1S/C14H14N4/c15-10-14-9-13(6-8-18-14)17-7-5-11-1-3-12(16)4-2-11/h1-4,6,8-9H,5,7,16H2,(H,17,18). The van der Waals surface area contributed by atoms with Gasteiger partial charge in [-0.3, -0.25) is 0 Å². The molecule has 0 bridgehead atoms. The van der Waals surface area contributed by atoms with Crippen molar-refractivity contribution in [1.82, 2.24) is 4.98 Å². The average Bonchev–Trinajstić information content (AvgIpc) is 2.41. The number of pyridine rings is 1. The molecule has 2 rings (SSSR count). The summed E-state index contributed by atoms with van der Waals surface area (Å²) in [7, 11) is 0. The first-order valence-corrected chi connectivity index (χ1v) is 5.72. The molecule has 0 saturated carbocycles. The molecule has 0 radical (unpaired) electrons. The molecule has 1 heterocycles. The lowest BCUT2D eigenvalue weighted by Gasteiger charge is -2.06. The molecule has 2 aromatic rings. The van der Waals surface area contributed by atoms with E-state index in [9.17, 15) is 0 Å². The van der Waals surface area contributed by atoms with Gasteiger partial charge in [-0.1, -0.05) is 12.1 Å². The molecule has 1 aromatic heterocycles. The van der Waals surface area contributed by atoms with Gasteiger partial charge in [0.05, 0.1) is 0 Å². The zero-order valence-electron chi connectivity index (χ0n) is 9.93. The van der Waals surface area contributed by atoms with Crippen LogP contribution < -0.4 is 11.1 Å². The Morgan fingerprint density at radius 3 is 2.72 bits per heavy atom. The van der Waals surface area contributed by atoms with Crippen molar-refractivity contribution in [1.29, 1.82) is 5.26 Å². The van der Waals surface area contributed by atoms with Crippen LogP contribution in [-0.2, 0) is 6.42 Å². The minimum Gasteiger partial charge on any atom is -0.399 e. The molecular formula is C14H14N4.